The van der Waals surface area contributed by atoms with E-state index in [1.165, 1.54) is 42.0 Å². The highest BCUT2D eigenvalue weighted by atomic mass is 32.2. The van der Waals surface area contributed by atoms with Crippen LogP contribution in [-0.2, 0) is 6.42 Å². The fourth-order valence-corrected chi connectivity index (χ4v) is 6.70. The molecule has 4 atom stereocenters. The molecule has 3 rings (SSSR count). The minimum atomic E-state index is -0.163. The third-order valence-corrected chi connectivity index (χ3v) is 8.46. The fraction of sp³-hybridized carbons (Fsp3) is 0.655. The lowest BCUT2D eigenvalue weighted by atomic mass is 9.89. The maximum atomic E-state index is 10.6. The molecule has 178 valence electrons. The number of fused-ring (bicyclic) bond motifs is 1. The van der Waals surface area contributed by atoms with E-state index >= 15 is 0 Å². The van der Waals surface area contributed by atoms with E-state index in [9.17, 15) is 5.11 Å². The lowest BCUT2D eigenvalue weighted by Crippen LogP contribution is -2.37. The van der Waals surface area contributed by atoms with Gasteiger partial charge in [-0.25, -0.2) is 0 Å². The molecule has 32 heavy (non-hydrogen) atoms. The summed E-state index contributed by atoms with van der Waals surface area (Å²) >= 11 is 2.10. The van der Waals surface area contributed by atoms with Gasteiger partial charge in [-0.15, -0.1) is 0 Å². The topological polar surface area (TPSA) is 23.5 Å². The van der Waals surface area contributed by atoms with Gasteiger partial charge in [0.15, 0.2) is 0 Å². The van der Waals surface area contributed by atoms with E-state index in [-0.39, 0.29) is 6.10 Å². The van der Waals surface area contributed by atoms with Gasteiger partial charge in [0.05, 0.1) is 6.10 Å². The smallest absolute Gasteiger partial charge is 0.0611 e. The Bertz CT molecular complexity index is 760. The Kier molecular flexibility index (Phi) is 9.95. The van der Waals surface area contributed by atoms with Gasteiger partial charge >= 0.3 is 0 Å². The quantitative estimate of drug-likeness (QED) is 0.281. The van der Waals surface area contributed by atoms with Gasteiger partial charge in [0.25, 0.3) is 0 Å². The van der Waals surface area contributed by atoms with E-state index in [1.54, 1.807) is 5.57 Å². The van der Waals surface area contributed by atoms with Crippen molar-refractivity contribution in [2.75, 3.05) is 18.1 Å². The third-order valence-electron chi connectivity index (χ3n) is 7.31. The predicted octanol–water partition coefficient (Wildman–Crippen LogP) is 6.67. The number of rotatable bonds is 12. The number of allylic oxidation sites excluding steroid dienone is 2. The van der Waals surface area contributed by atoms with Crippen molar-refractivity contribution in [2.45, 2.75) is 84.9 Å². The van der Waals surface area contributed by atoms with Crippen molar-refractivity contribution in [3.05, 3.63) is 59.2 Å². The zero-order valence-electron chi connectivity index (χ0n) is 21.0. The highest BCUT2D eigenvalue weighted by molar-refractivity contribution is 7.99. The number of hydrogen-bond donors (Lipinski definition) is 1. The molecule has 0 amide bonds. The van der Waals surface area contributed by atoms with Crippen molar-refractivity contribution in [3.8, 4) is 0 Å². The molecule has 0 radical (unpaired) electrons. The van der Waals surface area contributed by atoms with Crippen molar-refractivity contribution >= 4 is 11.8 Å². The highest BCUT2D eigenvalue weighted by Gasteiger charge is 2.43. The average molecular weight is 456 g/mol. The molecule has 0 saturated heterocycles. The molecule has 2 aliphatic rings. The molecule has 1 fully saturated rings. The molecule has 1 N–H and O–H groups in total. The van der Waals surface area contributed by atoms with Crippen LogP contribution in [0.15, 0.2) is 48.1 Å². The van der Waals surface area contributed by atoms with Crippen LogP contribution in [-0.4, -0.2) is 46.2 Å². The summed E-state index contributed by atoms with van der Waals surface area (Å²) in [7, 11) is 0. The third kappa shape index (κ3) is 7.23. The number of aliphatic hydroxyl groups excluding tert-OH is 1. The first kappa shape index (κ1) is 25.6. The normalized spacial score (nSPS) is 25.5. The van der Waals surface area contributed by atoms with Crippen LogP contribution in [0.25, 0.3) is 0 Å². The number of nitrogens with zero attached hydrogens (tertiary/aromatic N) is 1. The number of thioether (sulfide) groups is 1. The van der Waals surface area contributed by atoms with Gasteiger partial charge in [0.2, 0.25) is 0 Å². The van der Waals surface area contributed by atoms with E-state index in [2.05, 4.69) is 93.8 Å². The summed E-state index contributed by atoms with van der Waals surface area (Å²) < 4.78 is 0. The fourth-order valence-electron chi connectivity index (χ4n) is 5.75. The molecule has 0 heterocycles. The molecular formula is C29H45NOS. The molecule has 0 aliphatic heterocycles. The monoisotopic (exact) mass is 455 g/mol. The molecule has 0 unspecified atom stereocenters. The minimum Gasteiger partial charge on any atom is -0.392 e. The molecule has 2 aliphatic carbocycles. The van der Waals surface area contributed by atoms with Gasteiger partial charge in [-0.3, -0.25) is 4.90 Å². The van der Waals surface area contributed by atoms with Gasteiger partial charge in [-0.1, -0.05) is 53.6 Å². The van der Waals surface area contributed by atoms with E-state index in [4.69, 9.17) is 0 Å². The first-order valence-electron chi connectivity index (χ1n) is 12.8. The van der Waals surface area contributed by atoms with Crippen molar-refractivity contribution in [2.24, 2.45) is 17.8 Å². The van der Waals surface area contributed by atoms with Crippen LogP contribution in [0.3, 0.4) is 0 Å². The average Bonchev–Trinajstić information content (AvgIpc) is 3.24. The Labute approximate surface area is 201 Å². The van der Waals surface area contributed by atoms with Crippen molar-refractivity contribution in [1.29, 1.82) is 0 Å². The molecule has 0 spiro atoms. The Morgan fingerprint density at radius 2 is 1.97 bits per heavy atom. The standard InChI is InChI=1S/C29H45NOS/c1-21(2)30(22(3)4)14-9-15-32-20-25-17-26-19-29(31)27(28(26)18-25)13-7-6-11-24-12-8-10-23(5)16-24/h7-8,10,12-13,16-17,21-22,26-29,31H,6,9,11,14-15,18-20H2,1-5H3/b13-7+/t26-,27+,28-,29+/m0/s1. The lowest BCUT2D eigenvalue weighted by molar-refractivity contribution is 0.141. The number of aryl methyl sites for hydroxylation is 2. The van der Waals surface area contributed by atoms with Crippen molar-refractivity contribution < 1.29 is 5.11 Å². The number of aliphatic hydroxyl groups is 1. The first-order valence-corrected chi connectivity index (χ1v) is 13.9. The summed E-state index contributed by atoms with van der Waals surface area (Å²) in [4.78, 5) is 2.59. The first-order chi connectivity index (χ1) is 15.3. The van der Waals surface area contributed by atoms with Crippen LogP contribution in [0.2, 0.25) is 0 Å². The molecule has 1 aromatic rings. The zero-order valence-corrected chi connectivity index (χ0v) is 21.8. The van der Waals surface area contributed by atoms with Crippen LogP contribution in [0.4, 0.5) is 0 Å². The largest absolute Gasteiger partial charge is 0.392 e. The Morgan fingerprint density at radius 3 is 2.69 bits per heavy atom. The van der Waals surface area contributed by atoms with Gasteiger partial charge < -0.3 is 5.11 Å². The van der Waals surface area contributed by atoms with Crippen LogP contribution in [0.1, 0.15) is 64.5 Å². The molecule has 3 heteroatoms. The van der Waals surface area contributed by atoms with Crippen LogP contribution >= 0.6 is 11.8 Å². The van der Waals surface area contributed by atoms with E-state index in [0.29, 0.717) is 29.8 Å². The maximum Gasteiger partial charge on any atom is 0.0611 e. The van der Waals surface area contributed by atoms with Gasteiger partial charge in [0, 0.05) is 23.8 Å². The van der Waals surface area contributed by atoms with Crippen molar-refractivity contribution in [1.82, 2.24) is 4.90 Å². The SMILES string of the molecule is Cc1cccc(CC/C=C/[C@@H]2[C@H]3CC(CSCCCN(C(C)C)C(C)C)=C[C@H]3C[C@H]2O)c1. The van der Waals surface area contributed by atoms with Crippen LogP contribution < -0.4 is 0 Å². The van der Waals surface area contributed by atoms with Gasteiger partial charge in [0.1, 0.15) is 0 Å². The number of benzene rings is 1. The highest BCUT2D eigenvalue weighted by Crippen LogP contribution is 2.47. The van der Waals surface area contributed by atoms with Gasteiger partial charge in [-0.05, 0) is 96.4 Å². The van der Waals surface area contributed by atoms with Gasteiger partial charge in [-0.2, -0.15) is 11.8 Å². The molecule has 2 nitrogen and oxygen atoms in total. The van der Waals surface area contributed by atoms with Crippen LogP contribution in [0.5, 0.6) is 0 Å². The Morgan fingerprint density at radius 1 is 1.19 bits per heavy atom. The molecular weight excluding hydrogens is 410 g/mol. The number of hydrogen-bond acceptors (Lipinski definition) is 3. The molecule has 1 aromatic carbocycles. The second-order valence-corrected chi connectivity index (χ2v) is 11.6. The summed E-state index contributed by atoms with van der Waals surface area (Å²) in [5.74, 6) is 3.96. The molecule has 0 aromatic heterocycles. The Balaban J connectivity index is 1.39. The molecule has 0 bridgehead atoms. The van der Waals surface area contributed by atoms with Crippen molar-refractivity contribution in [3.63, 3.8) is 0 Å². The van der Waals surface area contributed by atoms with E-state index in [1.807, 2.05) is 0 Å². The molecule has 1 saturated carbocycles. The summed E-state index contributed by atoms with van der Waals surface area (Å²) in [6.45, 7) is 12.6. The van der Waals surface area contributed by atoms with E-state index in [0.717, 1.165) is 19.3 Å². The summed E-state index contributed by atoms with van der Waals surface area (Å²) in [6, 6.07) is 10.1. The summed E-state index contributed by atoms with van der Waals surface area (Å²) in [5, 5.41) is 10.6. The van der Waals surface area contributed by atoms with E-state index < -0.39 is 0 Å². The summed E-state index contributed by atoms with van der Waals surface area (Å²) in [6.07, 6.45) is 12.5. The van der Waals surface area contributed by atoms with Crippen LogP contribution in [0, 0.1) is 24.7 Å². The predicted molar refractivity (Wildman–Crippen MR) is 141 cm³/mol. The Hall–Kier alpha value is -1.03. The zero-order chi connectivity index (χ0) is 23.1. The second-order valence-electron chi connectivity index (χ2n) is 10.5. The minimum absolute atomic E-state index is 0.163. The maximum absolute atomic E-state index is 10.6. The lowest BCUT2D eigenvalue weighted by Gasteiger charge is -2.30. The summed E-state index contributed by atoms with van der Waals surface area (Å²) in [5.41, 5.74) is 4.37. The second kappa shape index (κ2) is 12.4.